The van der Waals surface area contributed by atoms with E-state index in [2.05, 4.69) is 0 Å². The maximum atomic E-state index is 11.2. The van der Waals surface area contributed by atoms with Crippen molar-refractivity contribution in [2.45, 2.75) is 19.8 Å². The Balaban J connectivity index is 2.45. The van der Waals surface area contributed by atoms with E-state index in [0.717, 1.165) is 11.1 Å². The van der Waals surface area contributed by atoms with E-state index in [4.69, 9.17) is 8.83 Å². The maximum Gasteiger partial charge on any atom is 0.336 e. The number of phenolic OH excluding ortho intramolecular Hbond substituents is 1. The van der Waals surface area contributed by atoms with Crippen LogP contribution in [-0.2, 0) is 0 Å². The molecule has 18 heavy (non-hydrogen) atoms. The summed E-state index contributed by atoms with van der Waals surface area (Å²) in [7, 11) is 0. The number of furan rings is 1. The standard InChI is InChI=1S/C14H12O4/c1-7(2)10-6-9-5-8-3-4-11(15)18-13(8)12(16)14(9)17-10/h3-7,16H,1-2H3. The highest BCUT2D eigenvalue weighted by molar-refractivity contribution is 5.99. The smallest absolute Gasteiger partial charge is 0.336 e. The normalized spacial score (nSPS) is 11.7. The van der Waals surface area contributed by atoms with E-state index in [9.17, 15) is 9.90 Å². The molecule has 3 aromatic rings. The van der Waals surface area contributed by atoms with Gasteiger partial charge >= 0.3 is 5.63 Å². The first-order valence-electron chi connectivity index (χ1n) is 5.75. The summed E-state index contributed by atoms with van der Waals surface area (Å²) in [5, 5.41) is 11.6. The van der Waals surface area contributed by atoms with Crippen molar-refractivity contribution in [3.8, 4) is 5.75 Å². The molecule has 0 atom stereocenters. The number of benzene rings is 1. The van der Waals surface area contributed by atoms with Gasteiger partial charge in [0.1, 0.15) is 5.76 Å². The van der Waals surface area contributed by atoms with Crippen molar-refractivity contribution in [2.24, 2.45) is 0 Å². The molecule has 0 aliphatic rings. The maximum absolute atomic E-state index is 11.2. The van der Waals surface area contributed by atoms with Crippen LogP contribution in [0.3, 0.4) is 0 Å². The van der Waals surface area contributed by atoms with E-state index in [-0.39, 0.29) is 17.3 Å². The Labute approximate surface area is 102 Å². The molecule has 4 heteroatoms. The molecule has 0 unspecified atom stereocenters. The molecule has 0 aliphatic heterocycles. The van der Waals surface area contributed by atoms with Gasteiger partial charge in [0, 0.05) is 22.8 Å². The second kappa shape index (κ2) is 3.63. The second-order valence-corrected chi connectivity index (χ2v) is 4.62. The molecule has 1 aromatic carbocycles. The highest BCUT2D eigenvalue weighted by Gasteiger charge is 2.15. The Bertz CT molecular complexity index is 793. The number of rotatable bonds is 1. The fraction of sp³-hybridized carbons (Fsp3) is 0.214. The van der Waals surface area contributed by atoms with Gasteiger partial charge in [-0.15, -0.1) is 0 Å². The van der Waals surface area contributed by atoms with Crippen LogP contribution < -0.4 is 5.63 Å². The second-order valence-electron chi connectivity index (χ2n) is 4.62. The third-order valence-corrected chi connectivity index (χ3v) is 2.95. The summed E-state index contributed by atoms with van der Waals surface area (Å²) in [6, 6.07) is 6.69. The molecule has 4 nitrogen and oxygen atoms in total. The summed E-state index contributed by atoms with van der Waals surface area (Å²) in [4.78, 5) is 11.2. The van der Waals surface area contributed by atoms with E-state index >= 15 is 0 Å². The lowest BCUT2D eigenvalue weighted by Gasteiger charge is -1.99. The minimum absolute atomic E-state index is 0.118. The number of aromatic hydroxyl groups is 1. The van der Waals surface area contributed by atoms with Crippen molar-refractivity contribution in [1.29, 1.82) is 0 Å². The van der Waals surface area contributed by atoms with Crippen LogP contribution in [-0.4, -0.2) is 5.11 Å². The van der Waals surface area contributed by atoms with Crippen LogP contribution in [0.2, 0.25) is 0 Å². The van der Waals surface area contributed by atoms with Gasteiger partial charge in [-0.2, -0.15) is 0 Å². The summed E-state index contributed by atoms with van der Waals surface area (Å²) >= 11 is 0. The SMILES string of the molecule is CC(C)c1cc2cc3ccc(=O)oc3c(O)c2o1. The summed E-state index contributed by atoms with van der Waals surface area (Å²) in [5.41, 5.74) is 0.0352. The topological polar surface area (TPSA) is 63.6 Å². The third kappa shape index (κ3) is 1.49. The van der Waals surface area contributed by atoms with Crippen molar-refractivity contribution in [3.63, 3.8) is 0 Å². The zero-order valence-corrected chi connectivity index (χ0v) is 10.1. The molecule has 2 heterocycles. The Hall–Kier alpha value is -2.23. The Kier molecular flexibility index (Phi) is 2.20. The molecule has 2 aromatic heterocycles. The number of fused-ring (bicyclic) bond motifs is 2. The largest absolute Gasteiger partial charge is 0.502 e. The van der Waals surface area contributed by atoms with Crippen LogP contribution >= 0.6 is 0 Å². The number of phenols is 1. The number of hydrogen-bond donors (Lipinski definition) is 1. The van der Waals surface area contributed by atoms with E-state index in [1.807, 2.05) is 26.0 Å². The fourth-order valence-corrected chi connectivity index (χ4v) is 2.00. The highest BCUT2D eigenvalue weighted by Crippen LogP contribution is 2.36. The Morgan fingerprint density at radius 2 is 1.78 bits per heavy atom. The summed E-state index contributed by atoms with van der Waals surface area (Å²) in [5.74, 6) is 0.900. The van der Waals surface area contributed by atoms with Gasteiger partial charge in [-0.1, -0.05) is 13.8 Å². The third-order valence-electron chi connectivity index (χ3n) is 2.95. The summed E-state index contributed by atoms with van der Waals surface area (Å²) < 4.78 is 10.6. The van der Waals surface area contributed by atoms with Gasteiger partial charge in [-0.3, -0.25) is 0 Å². The predicted molar refractivity (Wildman–Crippen MR) is 68.0 cm³/mol. The lowest BCUT2D eigenvalue weighted by atomic mass is 10.1. The average Bonchev–Trinajstić information content (AvgIpc) is 2.75. The molecular formula is C14H12O4. The molecular weight excluding hydrogens is 232 g/mol. The molecule has 0 amide bonds. The fourth-order valence-electron chi connectivity index (χ4n) is 2.00. The predicted octanol–water partition coefficient (Wildman–Crippen LogP) is 3.37. The monoisotopic (exact) mass is 244 g/mol. The summed E-state index contributed by atoms with van der Waals surface area (Å²) in [6.45, 7) is 4.02. The molecule has 1 N–H and O–H groups in total. The molecule has 0 bridgehead atoms. The van der Waals surface area contributed by atoms with E-state index in [0.29, 0.717) is 11.0 Å². The first-order valence-corrected chi connectivity index (χ1v) is 5.75. The van der Waals surface area contributed by atoms with Crippen LogP contribution in [0.1, 0.15) is 25.5 Å². The van der Waals surface area contributed by atoms with Crippen LogP contribution in [0.5, 0.6) is 5.75 Å². The first-order chi connectivity index (χ1) is 8.56. The molecule has 3 rings (SSSR count). The first kappa shape index (κ1) is 10.9. The van der Waals surface area contributed by atoms with E-state index in [1.54, 1.807) is 6.07 Å². The van der Waals surface area contributed by atoms with Crippen molar-refractivity contribution < 1.29 is 13.9 Å². The molecule has 92 valence electrons. The van der Waals surface area contributed by atoms with Gasteiger partial charge in [0.25, 0.3) is 0 Å². The molecule has 0 saturated carbocycles. The quantitative estimate of drug-likeness (QED) is 0.666. The highest BCUT2D eigenvalue weighted by atomic mass is 16.4. The van der Waals surface area contributed by atoms with Crippen LogP contribution in [0.25, 0.3) is 21.9 Å². The number of hydrogen-bond acceptors (Lipinski definition) is 4. The molecule has 0 fully saturated rings. The van der Waals surface area contributed by atoms with Crippen molar-refractivity contribution in [2.75, 3.05) is 0 Å². The molecule has 0 spiro atoms. The average molecular weight is 244 g/mol. The van der Waals surface area contributed by atoms with Gasteiger partial charge in [0.2, 0.25) is 5.75 Å². The molecule has 0 saturated heterocycles. The van der Waals surface area contributed by atoms with Gasteiger partial charge in [0.05, 0.1) is 0 Å². The van der Waals surface area contributed by atoms with Crippen LogP contribution in [0, 0.1) is 0 Å². The van der Waals surface area contributed by atoms with Gasteiger partial charge in [0.15, 0.2) is 11.2 Å². The Morgan fingerprint density at radius 3 is 2.50 bits per heavy atom. The zero-order valence-electron chi connectivity index (χ0n) is 10.1. The lowest BCUT2D eigenvalue weighted by molar-refractivity contribution is 0.441. The van der Waals surface area contributed by atoms with Crippen LogP contribution in [0.15, 0.2) is 37.9 Å². The Morgan fingerprint density at radius 1 is 1.06 bits per heavy atom. The lowest BCUT2D eigenvalue weighted by Crippen LogP contribution is -1.94. The minimum Gasteiger partial charge on any atom is -0.502 e. The van der Waals surface area contributed by atoms with E-state index in [1.165, 1.54) is 6.07 Å². The van der Waals surface area contributed by atoms with Gasteiger partial charge < -0.3 is 13.9 Å². The van der Waals surface area contributed by atoms with Crippen molar-refractivity contribution >= 4 is 21.9 Å². The van der Waals surface area contributed by atoms with Crippen molar-refractivity contribution in [3.05, 3.63) is 40.4 Å². The molecule has 0 radical (unpaired) electrons. The molecule has 0 aliphatic carbocycles. The van der Waals surface area contributed by atoms with Gasteiger partial charge in [-0.05, 0) is 18.2 Å². The van der Waals surface area contributed by atoms with Gasteiger partial charge in [-0.25, -0.2) is 4.79 Å². The van der Waals surface area contributed by atoms with Crippen LogP contribution in [0.4, 0.5) is 0 Å². The zero-order chi connectivity index (χ0) is 12.9. The minimum atomic E-state index is -0.493. The van der Waals surface area contributed by atoms with Crippen molar-refractivity contribution in [1.82, 2.24) is 0 Å². The summed E-state index contributed by atoms with van der Waals surface area (Å²) in [6.07, 6.45) is 0. The van der Waals surface area contributed by atoms with E-state index < -0.39 is 5.63 Å².